The van der Waals surface area contributed by atoms with Gasteiger partial charge in [0, 0.05) is 13.1 Å². The van der Waals surface area contributed by atoms with Crippen LogP contribution in [-0.2, 0) is 16.0 Å². The third-order valence-electron chi connectivity index (χ3n) is 5.66. The van der Waals surface area contributed by atoms with Crippen molar-refractivity contribution < 1.29 is 14.3 Å². The molecule has 0 aromatic heterocycles. The predicted octanol–water partition coefficient (Wildman–Crippen LogP) is 5.36. The van der Waals surface area contributed by atoms with E-state index in [4.69, 9.17) is 4.74 Å². The van der Waals surface area contributed by atoms with Crippen LogP contribution in [0.25, 0.3) is 10.8 Å². The number of fused-ring (bicyclic) bond motifs is 1. The van der Waals surface area contributed by atoms with Crippen LogP contribution < -0.4 is 10.1 Å². The fraction of sp³-hybridized carbons (Fsp3) is 0.333. The zero-order valence-corrected chi connectivity index (χ0v) is 20.8. The van der Waals surface area contributed by atoms with Crippen molar-refractivity contribution in [1.29, 1.82) is 0 Å². The molecule has 0 aliphatic heterocycles. The van der Waals surface area contributed by atoms with E-state index in [2.05, 4.69) is 28.2 Å². The number of benzene rings is 3. The van der Waals surface area contributed by atoms with Gasteiger partial charge in [0.25, 0.3) is 5.91 Å². The number of hydrogen-bond acceptors (Lipinski definition) is 3. The van der Waals surface area contributed by atoms with E-state index in [-0.39, 0.29) is 18.4 Å². The van der Waals surface area contributed by atoms with Crippen LogP contribution in [0.2, 0.25) is 0 Å². The fourth-order valence-corrected chi connectivity index (χ4v) is 4.26. The van der Waals surface area contributed by atoms with E-state index in [0.29, 0.717) is 25.3 Å². The van der Waals surface area contributed by atoms with E-state index in [9.17, 15) is 9.59 Å². The topological polar surface area (TPSA) is 58.6 Å². The highest BCUT2D eigenvalue weighted by molar-refractivity contribution is 9.10. The molecule has 174 valence electrons. The van der Waals surface area contributed by atoms with E-state index in [1.165, 1.54) is 0 Å². The Hall–Kier alpha value is -2.86. The lowest BCUT2D eigenvalue weighted by Gasteiger charge is -2.28. The Balaban J connectivity index is 1.70. The smallest absolute Gasteiger partial charge is 0.261 e. The normalized spacial score (nSPS) is 11.7. The minimum absolute atomic E-state index is 0.141. The number of halogens is 1. The first-order chi connectivity index (χ1) is 16.0. The quantitative estimate of drug-likeness (QED) is 0.353. The number of unbranched alkanes of at least 4 members (excludes halogenated alkanes) is 1. The molecule has 3 rings (SSSR count). The van der Waals surface area contributed by atoms with Crippen molar-refractivity contribution in [3.05, 3.63) is 76.8 Å². The average Bonchev–Trinajstić information content (AvgIpc) is 2.84. The minimum atomic E-state index is -0.582. The van der Waals surface area contributed by atoms with Gasteiger partial charge in [0.2, 0.25) is 5.91 Å². The molecule has 0 bridgehead atoms. The SMILES string of the molecule is CCCCNC(=O)C(C)N(CCc1ccccc1)C(=O)COc1ccc2ccccc2c1Br. The van der Waals surface area contributed by atoms with Crippen molar-refractivity contribution in [3.8, 4) is 5.75 Å². The fourth-order valence-electron chi connectivity index (χ4n) is 3.65. The van der Waals surface area contributed by atoms with Crippen molar-refractivity contribution >= 4 is 38.5 Å². The van der Waals surface area contributed by atoms with Gasteiger partial charge in [0.1, 0.15) is 11.8 Å². The van der Waals surface area contributed by atoms with Crippen LogP contribution in [-0.4, -0.2) is 42.5 Å². The molecule has 0 spiro atoms. The van der Waals surface area contributed by atoms with Gasteiger partial charge >= 0.3 is 0 Å². The molecule has 1 N–H and O–H groups in total. The highest BCUT2D eigenvalue weighted by atomic mass is 79.9. The second-order valence-corrected chi connectivity index (χ2v) is 8.82. The van der Waals surface area contributed by atoms with Crippen LogP contribution in [0.1, 0.15) is 32.3 Å². The van der Waals surface area contributed by atoms with E-state index in [0.717, 1.165) is 33.7 Å². The first-order valence-electron chi connectivity index (χ1n) is 11.4. The summed E-state index contributed by atoms with van der Waals surface area (Å²) in [7, 11) is 0. The van der Waals surface area contributed by atoms with Gasteiger partial charge in [-0.1, -0.05) is 74.0 Å². The number of hydrogen-bond donors (Lipinski definition) is 1. The summed E-state index contributed by atoms with van der Waals surface area (Å²) in [6.45, 7) is 4.76. The summed E-state index contributed by atoms with van der Waals surface area (Å²) in [4.78, 5) is 27.5. The Morgan fingerprint density at radius 1 is 1.03 bits per heavy atom. The van der Waals surface area contributed by atoms with Crippen LogP contribution in [0.4, 0.5) is 0 Å². The first kappa shape index (κ1) is 24.8. The second-order valence-electron chi connectivity index (χ2n) is 8.03. The van der Waals surface area contributed by atoms with Crippen LogP contribution >= 0.6 is 15.9 Å². The lowest BCUT2D eigenvalue weighted by molar-refractivity contribution is -0.141. The summed E-state index contributed by atoms with van der Waals surface area (Å²) in [5.41, 5.74) is 1.12. The molecule has 0 radical (unpaired) electrons. The lowest BCUT2D eigenvalue weighted by Crippen LogP contribution is -2.50. The molecule has 0 aliphatic rings. The molecule has 1 unspecified atom stereocenters. The number of carbonyl (C=O) groups excluding carboxylic acids is 2. The molecule has 3 aromatic carbocycles. The molecule has 0 aliphatic carbocycles. The van der Waals surface area contributed by atoms with Crippen molar-refractivity contribution in [2.45, 2.75) is 39.2 Å². The highest BCUT2D eigenvalue weighted by Crippen LogP contribution is 2.33. The maximum Gasteiger partial charge on any atom is 0.261 e. The third-order valence-corrected chi connectivity index (χ3v) is 6.48. The predicted molar refractivity (Wildman–Crippen MR) is 136 cm³/mol. The van der Waals surface area contributed by atoms with E-state index < -0.39 is 6.04 Å². The molecule has 6 heteroatoms. The Bertz CT molecular complexity index is 1070. The number of carbonyl (C=O) groups is 2. The van der Waals surface area contributed by atoms with Gasteiger partial charge in [-0.3, -0.25) is 9.59 Å². The zero-order valence-electron chi connectivity index (χ0n) is 19.2. The summed E-state index contributed by atoms with van der Waals surface area (Å²) in [5, 5.41) is 5.05. The molecule has 1 atom stereocenters. The summed E-state index contributed by atoms with van der Waals surface area (Å²) < 4.78 is 6.71. The van der Waals surface area contributed by atoms with E-state index >= 15 is 0 Å². The lowest BCUT2D eigenvalue weighted by atomic mass is 10.1. The Kier molecular flexibility index (Phi) is 9.31. The summed E-state index contributed by atoms with van der Waals surface area (Å²) in [6.07, 6.45) is 2.58. The van der Waals surface area contributed by atoms with Crippen molar-refractivity contribution in [3.63, 3.8) is 0 Å². The molecule has 0 saturated heterocycles. The zero-order chi connectivity index (χ0) is 23.6. The van der Waals surface area contributed by atoms with Gasteiger partial charge in [-0.05, 0) is 58.1 Å². The Morgan fingerprint density at radius 2 is 1.76 bits per heavy atom. The summed E-state index contributed by atoms with van der Waals surface area (Å²) in [5.74, 6) is 0.242. The van der Waals surface area contributed by atoms with Gasteiger partial charge in [0.05, 0.1) is 4.47 Å². The van der Waals surface area contributed by atoms with Gasteiger partial charge < -0.3 is 15.0 Å². The van der Waals surface area contributed by atoms with Gasteiger partial charge in [0.15, 0.2) is 6.61 Å². The highest BCUT2D eigenvalue weighted by Gasteiger charge is 2.26. The Labute approximate surface area is 204 Å². The minimum Gasteiger partial charge on any atom is -0.483 e. The molecular formula is C27H31BrN2O3. The second kappa shape index (κ2) is 12.4. The monoisotopic (exact) mass is 510 g/mol. The van der Waals surface area contributed by atoms with Crippen LogP contribution in [0, 0.1) is 0 Å². The summed E-state index contributed by atoms with van der Waals surface area (Å²) in [6, 6.07) is 21.2. The van der Waals surface area contributed by atoms with E-state index in [1.54, 1.807) is 11.8 Å². The van der Waals surface area contributed by atoms with E-state index in [1.807, 2.05) is 66.7 Å². The molecular weight excluding hydrogens is 480 g/mol. The van der Waals surface area contributed by atoms with Crippen molar-refractivity contribution in [2.24, 2.45) is 0 Å². The molecule has 5 nitrogen and oxygen atoms in total. The molecule has 0 saturated carbocycles. The number of nitrogens with one attached hydrogen (secondary N) is 1. The Morgan fingerprint density at radius 3 is 2.52 bits per heavy atom. The maximum atomic E-state index is 13.2. The van der Waals surface area contributed by atoms with Crippen LogP contribution in [0.3, 0.4) is 0 Å². The molecule has 33 heavy (non-hydrogen) atoms. The van der Waals surface area contributed by atoms with Gasteiger partial charge in [-0.15, -0.1) is 0 Å². The molecule has 2 amide bonds. The van der Waals surface area contributed by atoms with Crippen molar-refractivity contribution in [1.82, 2.24) is 10.2 Å². The van der Waals surface area contributed by atoms with Crippen molar-refractivity contribution in [2.75, 3.05) is 19.7 Å². The van der Waals surface area contributed by atoms with Gasteiger partial charge in [-0.25, -0.2) is 0 Å². The third kappa shape index (κ3) is 6.81. The van der Waals surface area contributed by atoms with Gasteiger partial charge in [-0.2, -0.15) is 0 Å². The molecule has 0 fully saturated rings. The number of nitrogens with zero attached hydrogens (tertiary/aromatic N) is 1. The molecule has 0 heterocycles. The number of amides is 2. The maximum absolute atomic E-state index is 13.2. The van der Waals surface area contributed by atoms with Crippen LogP contribution in [0.15, 0.2) is 71.2 Å². The largest absolute Gasteiger partial charge is 0.483 e. The van der Waals surface area contributed by atoms with Crippen LogP contribution in [0.5, 0.6) is 5.75 Å². The average molecular weight is 511 g/mol. The standard InChI is InChI=1S/C27H31BrN2O3/c1-3-4-17-29-27(32)20(2)30(18-16-21-10-6-5-7-11-21)25(31)19-33-24-15-14-22-12-8-9-13-23(22)26(24)28/h5-15,20H,3-4,16-19H2,1-2H3,(H,29,32). The summed E-state index contributed by atoms with van der Waals surface area (Å²) >= 11 is 3.60. The number of rotatable bonds is 11. The first-order valence-corrected chi connectivity index (χ1v) is 12.2. The number of ether oxygens (including phenoxy) is 1. The molecule has 3 aromatic rings.